The van der Waals surface area contributed by atoms with Gasteiger partial charge in [0.05, 0.1) is 13.0 Å². The van der Waals surface area contributed by atoms with Gasteiger partial charge in [-0.1, -0.05) is 26.0 Å². The van der Waals surface area contributed by atoms with Crippen LogP contribution in [0, 0.1) is 5.92 Å². The first-order chi connectivity index (χ1) is 6.97. The summed E-state index contributed by atoms with van der Waals surface area (Å²) in [6.45, 7) is 2.80. The minimum Gasteiger partial charge on any atom is -0.493 e. The topological polar surface area (TPSA) is 18.5 Å². The van der Waals surface area contributed by atoms with Crippen molar-refractivity contribution in [2.24, 2.45) is 5.92 Å². The summed E-state index contributed by atoms with van der Waals surface area (Å²) in [5.74, 6) is -0.529. The van der Waals surface area contributed by atoms with Crippen LogP contribution in [0.1, 0.15) is 13.8 Å². The number of halogens is 2. The van der Waals surface area contributed by atoms with E-state index < -0.39 is 12.0 Å². The summed E-state index contributed by atoms with van der Waals surface area (Å²) < 4.78 is 36.1. The smallest absolute Gasteiger partial charge is 0.400 e. The Kier molecular flexibility index (Phi) is 3.50. The molecule has 0 unspecified atom stereocenters. The number of para-hydroxylation sites is 2. The lowest BCUT2D eigenvalue weighted by atomic mass is 10.2. The number of hydrogen-bond acceptors (Lipinski definition) is 2. The van der Waals surface area contributed by atoms with Gasteiger partial charge in [0, 0.05) is 0 Å². The number of methoxy groups -OCH3 is 1. The molecular formula is C11H14F2O2. The molecule has 0 amide bonds. The van der Waals surface area contributed by atoms with Gasteiger partial charge in [0.2, 0.25) is 0 Å². The summed E-state index contributed by atoms with van der Waals surface area (Å²) in [4.78, 5) is 0. The maximum atomic E-state index is 13.3. The fraction of sp³-hybridized carbons (Fsp3) is 0.455. The van der Waals surface area contributed by atoms with Gasteiger partial charge in [0.1, 0.15) is 0 Å². The van der Waals surface area contributed by atoms with Gasteiger partial charge in [-0.25, -0.2) is 0 Å². The molecule has 2 nitrogen and oxygen atoms in total. The fourth-order valence-electron chi connectivity index (χ4n) is 0.968. The van der Waals surface area contributed by atoms with Gasteiger partial charge in [-0.3, -0.25) is 0 Å². The minimum atomic E-state index is -3.19. The zero-order valence-corrected chi connectivity index (χ0v) is 8.96. The average molecular weight is 216 g/mol. The largest absolute Gasteiger partial charge is 0.493 e. The van der Waals surface area contributed by atoms with E-state index in [9.17, 15) is 8.78 Å². The van der Waals surface area contributed by atoms with E-state index in [1.165, 1.54) is 27.0 Å². The molecule has 0 aliphatic carbocycles. The van der Waals surface area contributed by atoms with E-state index >= 15 is 0 Å². The summed E-state index contributed by atoms with van der Waals surface area (Å²) in [6.07, 6.45) is -3.19. The highest BCUT2D eigenvalue weighted by Crippen LogP contribution is 2.33. The van der Waals surface area contributed by atoms with E-state index in [-0.39, 0.29) is 5.75 Å². The van der Waals surface area contributed by atoms with E-state index in [4.69, 9.17) is 4.74 Å². The van der Waals surface area contributed by atoms with E-state index in [2.05, 4.69) is 4.74 Å². The van der Waals surface area contributed by atoms with Crippen molar-refractivity contribution in [1.29, 1.82) is 0 Å². The number of ether oxygens (including phenoxy) is 2. The normalized spacial score (nSPS) is 11.6. The van der Waals surface area contributed by atoms with Crippen LogP contribution in [0.3, 0.4) is 0 Å². The monoisotopic (exact) mass is 216 g/mol. The average Bonchev–Trinajstić information content (AvgIpc) is 2.18. The molecule has 0 saturated carbocycles. The first-order valence-corrected chi connectivity index (χ1v) is 4.67. The Bertz CT molecular complexity index is 324. The number of rotatable bonds is 4. The molecule has 0 fully saturated rings. The molecule has 0 heterocycles. The standard InChI is InChI=1S/C11H14F2O2/c1-8(2)11(12,13)15-10-7-5-4-6-9(10)14-3/h4-8H,1-3H3. The Morgan fingerprint density at radius 3 is 2.13 bits per heavy atom. The van der Waals surface area contributed by atoms with Crippen LogP contribution in [0.15, 0.2) is 24.3 Å². The van der Waals surface area contributed by atoms with Crippen molar-refractivity contribution in [2.45, 2.75) is 20.0 Å². The van der Waals surface area contributed by atoms with Crippen LogP contribution in [-0.4, -0.2) is 13.2 Å². The summed E-state index contributed by atoms with van der Waals surface area (Å²) in [5, 5.41) is 0. The Morgan fingerprint density at radius 2 is 1.67 bits per heavy atom. The molecule has 1 rings (SSSR count). The second-order valence-electron chi connectivity index (χ2n) is 3.47. The molecule has 0 radical (unpaired) electrons. The summed E-state index contributed by atoms with van der Waals surface area (Å²) in [7, 11) is 1.41. The van der Waals surface area contributed by atoms with E-state index in [1.807, 2.05) is 0 Å². The lowest BCUT2D eigenvalue weighted by molar-refractivity contribution is -0.207. The summed E-state index contributed by atoms with van der Waals surface area (Å²) in [6, 6.07) is 6.34. The van der Waals surface area contributed by atoms with Crippen molar-refractivity contribution < 1.29 is 18.3 Å². The molecule has 84 valence electrons. The molecule has 0 saturated heterocycles. The molecule has 4 heteroatoms. The third kappa shape index (κ3) is 2.81. The highest BCUT2D eigenvalue weighted by Gasteiger charge is 2.36. The Balaban J connectivity index is 2.89. The zero-order valence-electron chi connectivity index (χ0n) is 8.96. The van der Waals surface area contributed by atoms with Gasteiger partial charge in [0.15, 0.2) is 11.5 Å². The number of hydrogen-bond donors (Lipinski definition) is 0. The first kappa shape index (κ1) is 11.8. The zero-order chi connectivity index (χ0) is 11.5. The fourth-order valence-corrected chi connectivity index (χ4v) is 0.968. The molecule has 0 aliphatic rings. The summed E-state index contributed by atoms with van der Waals surface area (Å²) in [5.41, 5.74) is 0. The van der Waals surface area contributed by atoms with Crippen molar-refractivity contribution >= 4 is 0 Å². The van der Waals surface area contributed by atoms with E-state index in [0.717, 1.165) is 0 Å². The first-order valence-electron chi connectivity index (χ1n) is 4.67. The minimum absolute atomic E-state index is 0.0544. The second-order valence-corrected chi connectivity index (χ2v) is 3.47. The summed E-state index contributed by atoms with van der Waals surface area (Å²) >= 11 is 0. The van der Waals surface area contributed by atoms with Crippen LogP contribution >= 0.6 is 0 Å². The van der Waals surface area contributed by atoms with Crippen LogP contribution in [0.25, 0.3) is 0 Å². The number of benzene rings is 1. The van der Waals surface area contributed by atoms with Crippen molar-refractivity contribution in [2.75, 3.05) is 7.11 Å². The molecule has 0 N–H and O–H groups in total. The second kappa shape index (κ2) is 4.47. The Morgan fingerprint density at radius 1 is 1.13 bits per heavy atom. The van der Waals surface area contributed by atoms with Gasteiger partial charge >= 0.3 is 6.11 Å². The van der Waals surface area contributed by atoms with Crippen molar-refractivity contribution in [3.8, 4) is 11.5 Å². The Hall–Kier alpha value is -1.32. The predicted octanol–water partition coefficient (Wildman–Crippen LogP) is 3.32. The number of alkyl halides is 2. The third-order valence-electron chi connectivity index (χ3n) is 1.99. The van der Waals surface area contributed by atoms with Crippen molar-refractivity contribution in [3.05, 3.63) is 24.3 Å². The van der Waals surface area contributed by atoms with Crippen molar-refractivity contribution in [3.63, 3.8) is 0 Å². The van der Waals surface area contributed by atoms with Crippen LogP contribution in [0.4, 0.5) is 8.78 Å². The van der Waals surface area contributed by atoms with Crippen LogP contribution in [-0.2, 0) is 0 Å². The molecular weight excluding hydrogens is 202 g/mol. The highest BCUT2D eigenvalue weighted by atomic mass is 19.3. The maximum absolute atomic E-state index is 13.3. The molecule has 1 aromatic carbocycles. The molecule has 15 heavy (non-hydrogen) atoms. The molecule has 0 spiro atoms. The maximum Gasteiger partial charge on any atom is 0.400 e. The van der Waals surface area contributed by atoms with Crippen LogP contribution in [0.2, 0.25) is 0 Å². The van der Waals surface area contributed by atoms with Crippen molar-refractivity contribution in [1.82, 2.24) is 0 Å². The third-order valence-corrected chi connectivity index (χ3v) is 1.99. The van der Waals surface area contributed by atoms with Gasteiger partial charge < -0.3 is 9.47 Å². The lowest BCUT2D eigenvalue weighted by Gasteiger charge is -2.22. The van der Waals surface area contributed by atoms with Gasteiger partial charge in [-0.2, -0.15) is 8.78 Å². The molecule has 0 bridgehead atoms. The quantitative estimate of drug-likeness (QED) is 0.768. The molecule has 0 aromatic heterocycles. The SMILES string of the molecule is COc1ccccc1OC(F)(F)C(C)C. The molecule has 1 aromatic rings. The molecule has 0 aliphatic heterocycles. The highest BCUT2D eigenvalue weighted by molar-refractivity contribution is 5.39. The van der Waals surface area contributed by atoms with Gasteiger partial charge in [0.25, 0.3) is 0 Å². The van der Waals surface area contributed by atoms with E-state index in [0.29, 0.717) is 5.75 Å². The van der Waals surface area contributed by atoms with Crippen LogP contribution in [0.5, 0.6) is 11.5 Å². The lowest BCUT2D eigenvalue weighted by Crippen LogP contribution is -2.31. The van der Waals surface area contributed by atoms with Gasteiger partial charge in [-0.05, 0) is 12.1 Å². The molecule has 0 atom stereocenters. The van der Waals surface area contributed by atoms with Gasteiger partial charge in [-0.15, -0.1) is 0 Å². The predicted molar refractivity (Wildman–Crippen MR) is 53.4 cm³/mol. The van der Waals surface area contributed by atoms with Crippen LogP contribution < -0.4 is 9.47 Å². The Labute approximate surface area is 87.8 Å². The van der Waals surface area contributed by atoms with E-state index in [1.54, 1.807) is 18.2 Å².